The Balaban J connectivity index is 1.89. The number of aromatic nitrogens is 2. The molecule has 0 saturated carbocycles. The van der Waals surface area contributed by atoms with Crippen molar-refractivity contribution in [1.29, 1.82) is 0 Å². The fourth-order valence-electron chi connectivity index (χ4n) is 1.70. The predicted molar refractivity (Wildman–Crippen MR) is 85.3 cm³/mol. The van der Waals surface area contributed by atoms with Crippen LogP contribution in [0, 0.1) is 0 Å². The van der Waals surface area contributed by atoms with Crippen molar-refractivity contribution in [2.45, 2.75) is 13.5 Å². The van der Waals surface area contributed by atoms with Gasteiger partial charge in [0.2, 0.25) is 5.91 Å². The molecule has 1 heterocycles. The van der Waals surface area contributed by atoms with E-state index in [-0.39, 0.29) is 12.5 Å². The maximum Gasteiger partial charge on any atom is 0.254 e. The zero-order valence-corrected chi connectivity index (χ0v) is 13.3. The van der Waals surface area contributed by atoms with Crippen LogP contribution < -0.4 is 10.6 Å². The first kappa shape index (κ1) is 16.3. The Hall–Kier alpha value is -2.05. The molecule has 0 aliphatic carbocycles. The summed E-state index contributed by atoms with van der Waals surface area (Å²) in [6.07, 6.45) is 3.06. The molecule has 0 bridgehead atoms. The number of rotatable bonds is 5. The topological polar surface area (TPSA) is 76.0 Å². The minimum absolute atomic E-state index is 0.182. The van der Waals surface area contributed by atoms with E-state index in [9.17, 15) is 9.59 Å². The maximum absolute atomic E-state index is 11.9. The van der Waals surface area contributed by atoms with Crippen LogP contribution in [0.1, 0.15) is 17.3 Å². The highest BCUT2D eigenvalue weighted by molar-refractivity contribution is 6.35. The molecule has 0 unspecified atom stereocenters. The van der Waals surface area contributed by atoms with Gasteiger partial charge in [0.1, 0.15) is 0 Å². The number of carbonyl (C=O) groups is 2. The third-order valence-corrected chi connectivity index (χ3v) is 3.40. The van der Waals surface area contributed by atoms with Crippen LogP contribution in [0.4, 0.5) is 5.69 Å². The molecule has 8 heteroatoms. The minimum atomic E-state index is -0.402. The van der Waals surface area contributed by atoms with E-state index in [1.54, 1.807) is 23.0 Å². The van der Waals surface area contributed by atoms with Crippen molar-refractivity contribution in [2.24, 2.45) is 0 Å². The van der Waals surface area contributed by atoms with Gasteiger partial charge >= 0.3 is 0 Å². The van der Waals surface area contributed by atoms with E-state index < -0.39 is 5.91 Å². The van der Waals surface area contributed by atoms with Crippen LogP contribution in [0.15, 0.2) is 30.6 Å². The molecule has 116 valence electrons. The van der Waals surface area contributed by atoms with E-state index in [0.717, 1.165) is 0 Å². The number of benzene rings is 1. The van der Waals surface area contributed by atoms with Gasteiger partial charge in [-0.2, -0.15) is 5.10 Å². The number of amides is 2. The number of aryl methyl sites for hydroxylation is 1. The van der Waals surface area contributed by atoms with Crippen LogP contribution in [-0.2, 0) is 11.3 Å². The Morgan fingerprint density at radius 2 is 2.09 bits per heavy atom. The molecule has 6 nitrogen and oxygen atoms in total. The zero-order valence-electron chi connectivity index (χ0n) is 11.8. The number of anilines is 1. The number of hydrogen-bond donors (Lipinski definition) is 2. The van der Waals surface area contributed by atoms with Crippen molar-refractivity contribution >= 4 is 40.7 Å². The summed E-state index contributed by atoms with van der Waals surface area (Å²) in [5, 5.41) is 9.91. The minimum Gasteiger partial charge on any atom is -0.343 e. The van der Waals surface area contributed by atoms with Gasteiger partial charge in [0, 0.05) is 17.8 Å². The average Bonchev–Trinajstić information content (AvgIpc) is 2.97. The zero-order chi connectivity index (χ0) is 16.1. The molecule has 0 aliphatic heterocycles. The lowest BCUT2D eigenvalue weighted by Crippen LogP contribution is -2.32. The molecule has 0 aliphatic rings. The Labute approximate surface area is 137 Å². The van der Waals surface area contributed by atoms with Crippen molar-refractivity contribution in [2.75, 3.05) is 11.9 Å². The molecule has 0 saturated heterocycles. The highest BCUT2D eigenvalue weighted by Crippen LogP contribution is 2.25. The highest BCUT2D eigenvalue weighted by Gasteiger charge is 2.11. The fourth-order valence-corrected chi connectivity index (χ4v) is 2.04. The monoisotopic (exact) mass is 340 g/mol. The van der Waals surface area contributed by atoms with Crippen molar-refractivity contribution < 1.29 is 9.59 Å². The molecule has 2 N–H and O–H groups in total. The van der Waals surface area contributed by atoms with E-state index in [4.69, 9.17) is 23.2 Å². The molecule has 2 aromatic rings. The van der Waals surface area contributed by atoms with Gasteiger partial charge in [0.05, 0.1) is 29.0 Å². The summed E-state index contributed by atoms with van der Waals surface area (Å²) in [7, 11) is 0. The molecule has 22 heavy (non-hydrogen) atoms. The van der Waals surface area contributed by atoms with E-state index in [1.165, 1.54) is 12.3 Å². The van der Waals surface area contributed by atoms with Crippen molar-refractivity contribution in [3.63, 3.8) is 0 Å². The third-order valence-electron chi connectivity index (χ3n) is 2.83. The normalized spacial score (nSPS) is 10.3. The first-order valence-electron chi connectivity index (χ1n) is 6.55. The number of carbonyl (C=O) groups excluding carboxylic acids is 2. The second-order valence-corrected chi connectivity index (χ2v) is 5.28. The Morgan fingerprint density at radius 3 is 2.77 bits per heavy atom. The van der Waals surface area contributed by atoms with E-state index in [0.29, 0.717) is 27.8 Å². The summed E-state index contributed by atoms with van der Waals surface area (Å²) in [4.78, 5) is 23.7. The first-order valence-corrected chi connectivity index (χ1v) is 7.30. The quantitative estimate of drug-likeness (QED) is 0.878. The van der Waals surface area contributed by atoms with Crippen LogP contribution in [0.2, 0.25) is 10.0 Å². The molecular formula is C14H14Cl2N4O2. The van der Waals surface area contributed by atoms with Gasteiger partial charge in [-0.1, -0.05) is 23.2 Å². The smallest absolute Gasteiger partial charge is 0.254 e. The second-order valence-electron chi connectivity index (χ2n) is 4.44. The molecular weight excluding hydrogens is 327 g/mol. The molecule has 1 aromatic heterocycles. The van der Waals surface area contributed by atoms with E-state index in [2.05, 4.69) is 15.7 Å². The summed E-state index contributed by atoms with van der Waals surface area (Å²) in [5.74, 6) is -0.771. The average molecular weight is 341 g/mol. The van der Waals surface area contributed by atoms with Gasteiger partial charge in [0.15, 0.2) is 0 Å². The van der Waals surface area contributed by atoms with Gasteiger partial charge in [-0.05, 0) is 25.1 Å². The lowest BCUT2D eigenvalue weighted by molar-refractivity contribution is -0.115. The molecule has 2 amide bonds. The van der Waals surface area contributed by atoms with E-state index >= 15 is 0 Å². The summed E-state index contributed by atoms with van der Waals surface area (Å²) < 4.78 is 1.63. The van der Waals surface area contributed by atoms with Gasteiger partial charge in [-0.3, -0.25) is 14.3 Å². The standard InChI is InChI=1S/C14H14Cl2N4O2/c1-2-20-8-9(6-18-20)14(22)17-7-13(21)19-12-5-10(15)3-4-11(12)16/h3-6,8H,2,7H2,1H3,(H,17,22)(H,19,21). The molecule has 0 spiro atoms. The maximum atomic E-state index is 11.9. The van der Waals surface area contributed by atoms with Gasteiger partial charge in [-0.15, -0.1) is 0 Å². The van der Waals surface area contributed by atoms with Crippen molar-refractivity contribution in [3.05, 3.63) is 46.2 Å². The van der Waals surface area contributed by atoms with Gasteiger partial charge < -0.3 is 10.6 Å². The second kappa shape index (κ2) is 7.29. The summed E-state index contributed by atoms with van der Waals surface area (Å²) in [6.45, 7) is 2.40. The largest absolute Gasteiger partial charge is 0.343 e. The van der Waals surface area contributed by atoms with Gasteiger partial charge in [0.25, 0.3) is 5.91 Å². The molecule has 0 atom stereocenters. The van der Waals surface area contributed by atoms with Crippen LogP contribution in [-0.4, -0.2) is 28.1 Å². The van der Waals surface area contributed by atoms with Crippen LogP contribution >= 0.6 is 23.2 Å². The Bertz CT molecular complexity index is 700. The molecule has 2 rings (SSSR count). The van der Waals surface area contributed by atoms with E-state index in [1.807, 2.05) is 6.92 Å². The fraction of sp³-hybridized carbons (Fsp3) is 0.214. The SMILES string of the molecule is CCn1cc(C(=O)NCC(=O)Nc2cc(Cl)ccc2Cl)cn1. The first-order chi connectivity index (χ1) is 10.5. The Kier molecular flexibility index (Phi) is 5.41. The summed E-state index contributed by atoms with van der Waals surface area (Å²) in [6, 6.07) is 4.73. The van der Waals surface area contributed by atoms with Crippen LogP contribution in [0.5, 0.6) is 0 Å². The van der Waals surface area contributed by atoms with Crippen LogP contribution in [0.3, 0.4) is 0 Å². The van der Waals surface area contributed by atoms with Crippen LogP contribution in [0.25, 0.3) is 0 Å². The number of nitrogens with zero attached hydrogens (tertiary/aromatic N) is 2. The molecule has 0 fully saturated rings. The Morgan fingerprint density at radius 1 is 1.32 bits per heavy atom. The summed E-state index contributed by atoms with van der Waals surface area (Å²) >= 11 is 11.8. The lowest BCUT2D eigenvalue weighted by Gasteiger charge is -2.08. The predicted octanol–water partition coefficient (Wildman–Crippen LogP) is 2.58. The lowest BCUT2D eigenvalue weighted by atomic mass is 10.3. The molecule has 0 radical (unpaired) electrons. The highest BCUT2D eigenvalue weighted by atomic mass is 35.5. The molecule has 1 aromatic carbocycles. The number of nitrogens with one attached hydrogen (secondary N) is 2. The number of hydrogen-bond acceptors (Lipinski definition) is 3. The van der Waals surface area contributed by atoms with Gasteiger partial charge in [-0.25, -0.2) is 0 Å². The number of halogens is 2. The third kappa shape index (κ3) is 4.22. The summed E-state index contributed by atoms with van der Waals surface area (Å²) in [5.41, 5.74) is 0.794. The van der Waals surface area contributed by atoms with Crippen molar-refractivity contribution in [3.8, 4) is 0 Å². The van der Waals surface area contributed by atoms with Crippen molar-refractivity contribution in [1.82, 2.24) is 15.1 Å².